The molecule has 0 bridgehead atoms. The molecule has 2 aromatic rings. The second-order valence-corrected chi connectivity index (χ2v) is 5.38. The second kappa shape index (κ2) is 7.54. The van der Waals surface area contributed by atoms with Gasteiger partial charge in [0.25, 0.3) is 0 Å². The summed E-state index contributed by atoms with van der Waals surface area (Å²) in [5, 5.41) is 14.0. The van der Waals surface area contributed by atoms with Crippen molar-refractivity contribution in [1.29, 1.82) is 0 Å². The van der Waals surface area contributed by atoms with Crippen LogP contribution in [-0.4, -0.2) is 11.9 Å². The van der Waals surface area contributed by atoms with Crippen molar-refractivity contribution >= 4 is 17.6 Å². The Labute approximate surface area is 134 Å². The van der Waals surface area contributed by atoms with E-state index in [4.69, 9.17) is 0 Å². The lowest BCUT2D eigenvalue weighted by molar-refractivity contribution is -0.312. The van der Waals surface area contributed by atoms with E-state index in [2.05, 4.69) is 5.32 Å². The summed E-state index contributed by atoms with van der Waals surface area (Å²) in [5.74, 6) is -3.43. The zero-order chi connectivity index (χ0) is 16.8. The molecule has 0 unspecified atom stereocenters. The number of carbonyl (C=O) groups is 2. The summed E-state index contributed by atoms with van der Waals surface area (Å²) in [6, 6.07) is 14.4. The molecule has 1 N–H and O–H groups in total. The van der Waals surface area contributed by atoms with Gasteiger partial charge < -0.3 is 15.2 Å². The number of benzene rings is 2. The highest BCUT2D eigenvalue weighted by Crippen LogP contribution is 2.26. The van der Waals surface area contributed by atoms with Gasteiger partial charge in [0, 0.05) is 24.0 Å². The smallest absolute Gasteiger partial charge is 0.225 e. The molecule has 2 aromatic carbocycles. The van der Waals surface area contributed by atoms with Crippen LogP contribution in [0.1, 0.15) is 24.8 Å². The minimum Gasteiger partial charge on any atom is -0.550 e. The van der Waals surface area contributed by atoms with E-state index in [9.17, 15) is 19.1 Å². The van der Waals surface area contributed by atoms with Crippen LogP contribution < -0.4 is 10.4 Å². The van der Waals surface area contributed by atoms with Crippen LogP contribution in [-0.2, 0) is 9.59 Å². The summed E-state index contributed by atoms with van der Waals surface area (Å²) in [4.78, 5) is 23.5. The van der Waals surface area contributed by atoms with Crippen LogP contribution in [0, 0.1) is 11.7 Å². The molecule has 0 radical (unpaired) electrons. The molecule has 0 aliphatic heterocycles. The fraction of sp³-hybridized carbons (Fsp3) is 0.222. The van der Waals surface area contributed by atoms with Gasteiger partial charge in [0.15, 0.2) is 0 Å². The van der Waals surface area contributed by atoms with Crippen LogP contribution in [0.4, 0.5) is 10.1 Å². The molecule has 1 amide bonds. The molecule has 0 aliphatic carbocycles. The quantitative estimate of drug-likeness (QED) is 0.889. The zero-order valence-electron chi connectivity index (χ0n) is 12.7. The first-order chi connectivity index (χ1) is 11.0. The molecule has 5 heteroatoms. The Hall–Kier alpha value is -2.69. The molecule has 2 rings (SSSR count). The number of carboxylic acids is 1. The van der Waals surface area contributed by atoms with Gasteiger partial charge >= 0.3 is 0 Å². The predicted molar refractivity (Wildman–Crippen MR) is 83.0 cm³/mol. The van der Waals surface area contributed by atoms with Gasteiger partial charge in [-0.25, -0.2) is 4.39 Å². The van der Waals surface area contributed by atoms with Gasteiger partial charge in [-0.05, 0) is 35.7 Å². The zero-order valence-corrected chi connectivity index (χ0v) is 12.7. The Balaban J connectivity index is 2.05. The lowest BCUT2D eigenvalue weighted by Gasteiger charge is -2.25. The van der Waals surface area contributed by atoms with Crippen LogP contribution >= 0.6 is 0 Å². The van der Waals surface area contributed by atoms with Crippen molar-refractivity contribution in [2.45, 2.75) is 19.3 Å². The molecule has 0 heterocycles. The van der Waals surface area contributed by atoms with Crippen LogP contribution in [0.3, 0.4) is 0 Å². The highest BCUT2D eigenvalue weighted by Gasteiger charge is 2.23. The van der Waals surface area contributed by atoms with Crippen molar-refractivity contribution in [2.75, 3.05) is 5.32 Å². The monoisotopic (exact) mass is 314 g/mol. The largest absolute Gasteiger partial charge is 0.550 e. The summed E-state index contributed by atoms with van der Waals surface area (Å²) in [5.41, 5.74) is 1.25. The van der Waals surface area contributed by atoms with Gasteiger partial charge in [-0.15, -0.1) is 0 Å². The third-order valence-corrected chi connectivity index (χ3v) is 3.76. The minimum atomic E-state index is -1.27. The number of nitrogens with one attached hydrogen (secondary N) is 1. The van der Waals surface area contributed by atoms with Crippen LogP contribution in [0.25, 0.3) is 0 Å². The van der Waals surface area contributed by atoms with E-state index < -0.39 is 23.6 Å². The van der Waals surface area contributed by atoms with Crippen molar-refractivity contribution in [2.24, 2.45) is 5.92 Å². The molecule has 0 spiro atoms. The van der Waals surface area contributed by atoms with Gasteiger partial charge in [-0.3, -0.25) is 4.79 Å². The summed E-state index contributed by atoms with van der Waals surface area (Å²) < 4.78 is 12.8. The molecule has 0 aliphatic rings. The molecular formula is C18H17FNO3-. The SMILES string of the molecule is C[C@@H](c1ccccc1)[C@H](CC(=O)Nc1ccc(F)cc1)C(=O)[O-]. The van der Waals surface area contributed by atoms with E-state index in [0.29, 0.717) is 5.69 Å². The van der Waals surface area contributed by atoms with E-state index in [1.54, 1.807) is 6.92 Å². The third kappa shape index (κ3) is 4.64. The van der Waals surface area contributed by atoms with E-state index >= 15 is 0 Å². The first kappa shape index (κ1) is 16.7. The third-order valence-electron chi connectivity index (χ3n) is 3.76. The molecule has 0 saturated heterocycles. The fourth-order valence-electron chi connectivity index (χ4n) is 2.40. The van der Waals surface area contributed by atoms with Crippen LogP contribution in [0.5, 0.6) is 0 Å². The van der Waals surface area contributed by atoms with E-state index in [1.165, 1.54) is 24.3 Å². The van der Waals surface area contributed by atoms with Crippen molar-refractivity contribution < 1.29 is 19.1 Å². The maximum Gasteiger partial charge on any atom is 0.225 e. The van der Waals surface area contributed by atoms with Gasteiger partial charge in [0.1, 0.15) is 5.82 Å². The topological polar surface area (TPSA) is 69.2 Å². The fourth-order valence-corrected chi connectivity index (χ4v) is 2.40. The number of hydrogen-bond donors (Lipinski definition) is 1. The Morgan fingerprint density at radius 1 is 1.09 bits per heavy atom. The number of aliphatic carboxylic acids is 1. The minimum absolute atomic E-state index is 0.213. The Morgan fingerprint density at radius 3 is 2.26 bits per heavy atom. The van der Waals surface area contributed by atoms with E-state index in [1.807, 2.05) is 30.3 Å². The van der Waals surface area contributed by atoms with Gasteiger partial charge in [-0.2, -0.15) is 0 Å². The normalized spacial score (nSPS) is 13.1. The Morgan fingerprint density at radius 2 is 1.70 bits per heavy atom. The first-order valence-corrected chi connectivity index (χ1v) is 7.28. The molecular weight excluding hydrogens is 297 g/mol. The van der Waals surface area contributed by atoms with Gasteiger partial charge in [0.05, 0.1) is 0 Å². The molecule has 4 nitrogen and oxygen atoms in total. The maximum absolute atomic E-state index is 12.8. The predicted octanol–water partition coefficient (Wildman–Crippen LogP) is 2.32. The van der Waals surface area contributed by atoms with Gasteiger partial charge in [-0.1, -0.05) is 37.3 Å². The molecule has 2 atom stereocenters. The number of anilines is 1. The van der Waals surface area contributed by atoms with E-state index in [0.717, 1.165) is 5.56 Å². The van der Waals surface area contributed by atoms with Crippen molar-refractivity contribution in [3.05, 3.63) is 66.0 Å². The lowest BCUT2D eigenvalue weighted by atomic mass is 9.85. The molecule has 23 heavy (non-hydrogen) atoms. The van der Waals surface area contributed by atoms with Crippen LogP contribution in [0.2, 0.25) is 0 Å². The number of amides is 1. The second-order valence-electron chi connectivity index (χ2n) is 5.38. The van der Waals surface area contributed by atoms with Gasteiger partial charge in [0.2, 0.25) is 5.91 Å². The van der Waals surface area contributed by atoms with E-state index in [-0.39, 0.29) is 12.3 Å². The Kier molecular flexibility index (Phi) is 5.46. The summed E-state index contributed by atoms with van der Waals surface area (Å²) in [6.45, 7) is 1.75. The highest BCUT2D eigenvalue weighted by atomic mass is 19.1. The maximum atomic E-state index is 12.8. The summed E-state index contributed by atoms with van der Waals surface area (Å²) in [6.07, 6.45) is -0.213. The number of rotatable bonds is 6. The standard InChI is InChI=1S/C18H18FNO3/c1-12(13-5-3-2-4-6-13)16(18(22)23)11-17(21)20-15-9-7-14(19)8-10-15/h2-10,12,16H,11H2,1H3,(H,20,21)(H,22,23)/p-1/t12-,16-/m0/s1. The molecule has 0 fully saturated rings. The molecule has 120 valence electrons. The number of carbonyl (C=O) groups excluding carboxylic acids is 2. The number of hydrogen-bond acceptors (Lipinski definition) is 3. The lowest BCUT2D eigenvalue weighted by Crippen LogP contribution is -2.36. The molecule has 0 saturated carbocycles. The average Bonchev–Trinajstić information content (AvgIpc) is 2.55. The average molecular weight is 314 g/mol. The first-order valence-electron chi connectivity index (χ1n) is 7.28. The summed E-state index contributed by atoms with van der Waals surface area (Å²) >= 11 is 0. The number of carboxylic acid groups (broad SMARTS) is 1. The van der Waals surface area contributed by atoms with Crippen molar-refractivity contribution in [1.82, 2.24) is 0 Å². The van der Waals surface area contributed by atoms with Crippen molar-refractivity contribution in [3.63, 3.8) is 0 Å². The van der Waals surface area contributed by atoms with Crippen molar-refractivity contribution in [3.8, 4) is 0 Å². The highest BCUT2D eigenvalue weighted by molar-refractivity contribution is 5.93. The molecule has 0 aromatic heterocycles. The number of halogens is 1. The Bertz CT molecular complexity index is 670. The van der Waals surface area contributed by atoms with Crippen LogP contribution in [0.15, 0.2) is 54.6 Å². The summed E-state index contributed by atoms with van der Waals surface area (Å²) in [7, 11) is 0.